The summed E-state index contributed by atoms with van der Waals surface area (Å²) < 4.78 is 39.8. The molecule has 0 spiro atoms. The molecular weight excluding hydrogens is 450 g/mol. The lowest BCUT2D eigenvalue weighted by molar-refractivity contribution is 0.0850. The van der Waals surface area contributed by atoms with Crippen molar-refractivity contribution < 1.29 is 13.5 Å². The summed E-state index contributed by atoms with van der Waals surface area (Å²) in [6.07, 6.45) is 2.52. The fourth-order valence-corrected chi connectivity index (χ4v) is 4.67. The second-order valence-electron chi connectivity index (χ2n) is 8.87. The summed E-state index contributed by atoms with van der Waals surface area (Å²) in [5, 5.41) is 22.4. The molecule has 1 aliphatic rings. The highest BCUT2D eigenvalue weighted by molar-refractivity contribution is 5.91. The molecule has 35 heavy (non-hydrogen) atoms. The maximum Gasteiger partial charge on any atom is 0.220 e. The van der Waals surface area contributed by atoms with E-state index in [2.05, 4.69) is 10.4 Å². The van der Waals surface area contributed by atoms with E-state index in [-0.39, 0.29) is 12.1 Å². The Hall–Kier alpha value is -3.77. The molecule has 1 N–H and O–H groups in total. The van der Waals surface area contributed by atoms with Crippen molar-refractivity contribution in [1.29, 1.82) is 5.26 Å². The third kappa shape index (κ3) is 4.26. The lowest BCUT2D eigenvalue weighted by Crippen LogP contribution is -2.41. The highest BCUT2D eigenvalue weighted by Gasteiger charge is 2.35. The van der Waals surface area contributed by atoms with Crippen LogP contribution in [0.3, 0.4) is 0 Å². The van der Waals surface area contributed by atoms with Crippen LogP contribution in [0.1, 0.15) is 25.3 Å². The maximum absolute atomic E-state index is 15.7. The van der Waals surface area contributed by atoms with Crippen molar-refractivity contribution in [2.75, 3.05) is 19.7 Å². The van der Waals surface area contributed by atoms with Gasteiger partial charge in [0.15, 0.2) is 0 Å². The number of ether oxygens (including phenoxy) is 1. The SMILES string of the molecule is CCOc1c(-c2ccc3c(cnn3C)c2)c(-c2ccc(C#N)c(F)c2)nn1CC1(F)CCNCC1. The first-order valence-corrected chi connectivity index (χ1v) is 11.7. The molecule has 0 amide bonds. The lowest BCUT2D eigenvalue weighted by atomic mass is 9.94. The van der Waals surface area contributed by atoms with Gasteiger partial charge < -0.3 is 10.1 Å². The Labute approximate surface area is 201 Å². The Morgan fingerprint density at radius 2 is 1.94 bits per heavy atom. The highest BCUT2D eigenvalue weighted by Crippen LogP contribution is 2.42. The largest absolute Gasteiger partial charge is 0.478 e. The second kappa shape index (κ2) is 9.12. The molecule has 7 nitrogen and oxygen atoms in total. The molecule has 0 radical (unpaired) electrons. The van der Waals surface area contributed by atoms with Crippen LogP contribution >= 0.6 is 0 Å². The number of piperidine rings is 1. The van der Waals surface area contributed by atoms with Crippen molar-refractivity contribution in [2.45, 2.75) is 32.0 Å². The topological polar surface area (TPSA) is 80.7 Å². The third-order valence-corrected chi connectivity index (χ3v) is 6.52. The molecule has 0 atom stereocenters. The molecule has 1 fully saturated rings. The summed E-state index contributed by atoms with van der Waals surface area (Å²) in [5.74, 6) is -0.197. The molecule has 180 valence electrons. The van der Waals surface area contributed by atoms with Crippen molar-refractivity contribution in [2.24, 2.45) is 7.05 Å². The molecule has 0 unspecified atom stereocenters. The van der Waals surface area contributed by atoms with Gasteiger partial charge >= 0.3 is 0 Å². The number of aromatic nitrogens is 4. The number of alkyl halides is 1. The van der Waals surface area contributed by atoms with Gasteiger partial charge in [-0.05, 0) is 62.7 Å². The normalized spacial score (nSPS) is 15.3. The summed E-state index contributed by atoms with van der Waals surface area (Å²) in [4.78, 5) is 0. The monoisotopic (exact) mass is 476 g/mol. The van der Waals surface area contributed by atoms with E-state index in [4.69, 9.17) is 15.1 Å². The Balaban J connectivity index is 1.71. The Morgan fingerprint density at radius 3 is 2.66 bits per heavy atom. The van der Waals surface area contributed by atoms with Crippen LogP contribution in [0, 0.1) is 17.1 Å². The van der Waals surface area contributed by atoms with Gasteiger partial charge in [0.05, 0.1) is 36.0 Å². The molecule has 5 rings (SSSR count). The summed E-state index contributed by atoms with van der Waals surface area (Å²) in [6, 6.07) is 12.1. The number of nitrogens with one attached hydrogen (secondary N) is 1. The Bertz CT molecular complexity index is 1430. The number of nitrogens with zero attached hydrogens (tertiary/aromatic N) is 5. The van der Waals surface area contributed by atoms with E-state index in [1.165, 1.54) is 12.1 Å². The van der Waals surface area contributed by atoms with Crippen molar-refractivity contribution in [1.82, 2.24) is 24.9 Å². The standard InChI is InChI=1S/C26H26F2N6O/c1-3-35-25-23(17-6-7-22-20(12-17)15-31-33(22)2)24(18-4-5-19(14-29)21(27)13-18)32-34(25)16-26(28)8-10-30-11-9-26/h4-7,12-13,15,30H,3,8-11,16H2,1-2H3. The van der Waals surface area contributed by atoms with Gasteiger partial charge in [0, 0.05) is 18.0 Å². The van der Waals surface area contributed by atoms with Gasteiger partial charge in [-0.2, -0.15) is 15.5 Å². The summed E-state index contributed by atoms with van der Waals surface area (Å²) in [6.45, 7) is 3.45. The number of benzene rings is 2. The maximum atomic E-state index is 15.7. The number of aryl methyl sites for hydroxylation is 1. The van der Waals surface area contributed by atoms with Gasteiger partial charge in [-0.3, -0.25) is 4.68 Å². The van der Waals surface area contributed by atoms with E-state index in [1.54, 1.807) is 21.6 Å². The van der Waals surface area contributed by atoms with Gasteiger partial charge in [0.1, 0.15) is 23.2 Å². The second-order valence-corrected chi connectivity index (χ2v) is 8.87. The van der Waals surface area contributed by atoms with E-state index in [9.17, 15) is 4.39 Å². The van der Waals surface area contributed by atoms with E-state index in [1.807, 2.05) is 38.2 Å². The van der Waals surface area contributed by atoms with Crippen LogP contribution in [-0.4, -0.2) is 44.9 Å². The first-order valence-electron chi connectivity index (χ1n) is 11.7. The summed E-state index contributed by atoms with van der Waals surface area (Å²) >= 11 is 0. The first kappa shape index (κ1) is 23.0. The van der Waals surface area contributed by atoms with Crippen molar-refractivity contribution in [3.8, 4) is 34.3 Å². The van der Waals surface area contributed by atoms with E-state index < -0.39 is 11.5 Å². The predicted octanol–water partition coefficient (Wildman–Crippen LogP) is 4.60. The van der Waals surface area contributed by atoms with Crippen LogP contribution in [-0.2, 0) is 13.6 Å². The van der Waals surface area contributed by atoms with Crippen molar-refractivity contribution in [3.63, 3.8) is 0 Å². The van der Waals surface area contributed by atoms with Gasteiger partial charge in [-0.1, -0.05) is 12.1 Å². The molecule has 9 heteroatoms. The smallest absolute Gasteiger partial charge is 0.220 e. The minimum atomic E-state index is -1.43. The quantitative estimate of drug-likeness (QED) is 0.440. The molecule has 0 aliphatic carbocycles. The summed E-state index contributed by atoms with van der Waals surface area (Å²) in [7, 11) is 1.87. The fourth-order valence-electron chi connectivity index (χ4n) is 4.67. The molecule has 1 aliphatic heterocycles. The highest BCUT2D eigenvalue weighted by atomic mass is 19.1. The zero-order valence-corrected chi connectivity index (χ0v) is 19.7. The minimum absolute atomic E-state index is 0.0327. The van der Waals surface area contributed by atoms with Gasteiger partial charge in [-0.15, -0.1) is 0 Å². The number of fused-ring (bicyclic) bond motifs is 1. The molecular formula is C26H26F2N6O. The molecule has 2 aromatic carbocycles. The Kier molecular flexibility index (Phi) is 5.99. The van der Waals surface area contributed by atoms with E-state index in [0.29, 0.717) is 55.2 Å². The molecule has 0 saturated carbocycles. The molecule has 2 aromatic heterocycles. The number of halogens is 2. The lowest BCUT2D eigenvalue weighted by Gasteiger charge is -2.30. The molecule has 4 aromatic rings. The third-order valence-electron chi connectivity index (χ3n) is 6.52. The molecule has 3 heterocycles. The van der Waals surface area contributed by atoms with Crippen LogP contribution in [0.2, 0.25) is 0 Å². The fraction of sp³-hybridized carbons (Fsp3) is 0.346. The van der Waals surface area contributed by atoms with E-state index in [0.717, 1.165) is 16.5 Å². The van der Waals surface area contributed by atoms with E-state index >= 15 is 4.39 Å². The average Bonchev–Trinajstić information content (AvgIpc) is 3.39. The number of hydrogen-bond acceptors (Lipinski definition) is 5. The zero-order chi connectivity index (χ0) is 24.6. The van der Waals surface area contributed by atoms with Crippen LogP contribution in [0.4, 0.5) is 8.78 Å². The van der Waals surface area contributed by atoms with Gasteiger partial charge in [0.2, 0.25) is 5.88 Å². The zero-order valence-electron chi connectivity index (χ0n) is 19.7. The predicted molar refractivity (Wildman–Crippen MR) is 129 cm³/mol. The number of rotatable bonds is 6. The van der Waals surface area contributed by atoms with Crippen molar-refractivity contribution in [3.05, 3.63) is 54.0 Å². The molecule has 0 bridgehead atoms. The average molecular weight is 477 g/mol. The minimum Gasteiger partial charge on any atom is -0.478 e. The van der Waals surface area contributed by atoms with Crippen molar-refractivity contribution >= 4 is 10.9 Å². The van der Waals surface area contributed by atoms with Gasteiger partial charge in [-0.25, -0.2) is 13.5 Å². The molecule has 1 saturated heterocycles. The number of hydrogen-bond donors (Lipinski definition) is 1. The van der Waals surface area contributed by atoms with Crippen LogP contribution in [0.25, 0.3) is 33.3 Å². The Morgan fingerprint density at radius 1 is 1.17 bits per heavy atom. The first-order chi connectivity index (χ1) is 16.9. The number of nitriles is 1. The van der Waals surface area contributed by atoms with Gasteiger partial charge in [0.25, 0.3) is 0 Å². The van der Waals surface area contributed by atoms with Crippen LogP contribution in [0.15, 0.2) is 42.6 Å². The van der Waals surface area contributed by atoms with Crippen LogP contribution < -0.4 is 10.1 Å². The summed E-state index contributed by atoms with van der Waals surface area (Å²) in [5.41, 5.74) is 1.90. The van der Waals surface area contributed by atoms with Crippen LogP contribution in [0.5, 0.6) is 5.88 Å².